The summed E-state index contributed by atoms with van der Waals surface area (Å²) >= 11 is 0. The third kappa shape index (κ3) is 2.73. The zero-order valence-corrected chi connectivity index (χ0v) is 11.4. The first-order valence-electron chi connectivity index (χ1n) is 7.80. The van der Waals surface area contributed by atoms with Crippen molar-refractivity contribution in [3.8, 4) is 0 Å². The van der Waals surface area contributed by atoms with Gasteiger partial charge >= 0.3 is 0 Å². The summed E-state index contributed by atoms with van der Waals surface area (Å²) in [6, 6.07) is 0.557. The molecule has 2 saturated carbocycles. The molecule has 1 spiro atoms. The smallest absolute Gasteiger partial charge is 0.0771 e. The monoisotopic (exact) mass is 253 g/mol. The average molecular weight is 253 g/mol. The van der Waals surface area contributed by atoms with Crippen molar-refractivity contribution >= 4 is 0 Å². The lowest BCUT2D eigenvalue weighted by molar-refractivity contribution is -0.0860. The van der Waals surface area contributed by atoms with Crippen LogP contribution in [0.25, 0.3) is 0 Å². The first kappa shape index (κ1) is 12.9. The van der Waals surface area contributed by atoms with Crippen LogP contribution in [0.5, 0.6) is 0 Å². The minimum atomic E-state index is -0.416. The van der Waals surface area contributed by atoms with Crippen LogP contribution >= 0.6 is 0 Å². The van der Waals surface area contributed by atoms with Gasteiger partial charge in [-0.3, -0.25) is 0 Å². The number of rotatable bonds is 3. The first-order chi connectivity index (χ1) is 8.70. The molecule has 2 aliphatic carbocycles. The Kier molecular flexibility index (Phi) is 3.65. The Morgan fingerprint density at radius 1 is 1.06 bits per heavy atom. The lowest BCUT2D eigenvalue weighted by atomic mass is 9.88. The highest BCUT2D eigenvalue weighted by Gasteiger charge is 2.40. The van der Waals surface area contributed by atoms with Gasteiger partial charge in [-0.15, -0.1) is 0 Å². The molecule has 1 aliphatic heterocycles. The van der Waals surface area contributed by atoms with Gasteiger partial charge in [0, 0.05) is 19.2 Å². The van der Waals surface area contributed by atoms with Crippen molar-refractivity contribution in [3.63, 3.8) is 0 Å². The largest absolute Gasteiger partial charge is 0.389 e. The highest BCUT2D eigenvalue weighted by atomic mass is 16.5. The van der Waals surface area contributed by atoms with Crippen molar-refractivity contribution in [3.05, 3.63) is 0 Å². The molecular formula is C15H27NO2. The molecule has 1 heterocycles. The number of ether oxygens (including phenoxy) is 1. The summed E-state index contributed by atoms with van der Waals surface area (Å²) in [5.74, 6) is 0. The number of aliphatic hydroxyl groups is 1. The predicted molar refractivity (Wildman–Crippen MR) is 71.6 cm³/mol. The minimum Gasteiger partial charge on any atom is -0.389 e. The SMILES string of the molecule is OC1(CNC2CCOC3(CCCC3)C2)CCCC1. The van der Waals surface area contributed by atoms with Crippen LogP contribution < -0.4 is 5.32 Å². The van der Waals surface area contributed by atoms with Gasteiger partial charge in [0.15, 0.2) is 0 Å². The second-order valence-corrected chi connectivity index (χ2v) is 6.74. The van der Waals surface area contributed by atoms with Crippen molar-refractivity contribution in [1.82, 2.24) is 5.32 Å². The Morgan fingerprint density at radius 2 is 1.72 bits per heavy atom. The summed E-state index contributed by atoms with van der Waals surface area (Å²) in [6.07, 6.45) is 11.8. The van der Waals surface area contributed by atoms with Crippen LogP contribution in [0.4, 0.5) is 0 Å². The molecule has 1 unspecified atom stereocenters. The van der Waals surface area contributed by atoms with E-state index in [0.29, 0.717) is 6.04 Å². The molecule has 18 heavy (non-hydrogen) atoms. The molecule has 0 amide bonds. The van der Waals surface area contributed by atoms with E-state index in [-0.39, 0.29) is 5.60 Å². The van der Waals surface area contributed by atoms with E-state index in [4.69, 9.17) is 4.74 Å². The fourth-order valence-electron chi connectivity index (χ4n) is 4.11. The predicted octanol–water partition coefficient (Wildman–Crippen LogP) is 2.37. The van der Waals surface area contributed by atoms with E-state index < -0.39 is 5.60 Å². The van der Waals surface area contributed by atoms with Crippen LogP contribution in [0.1, 0.15) is 64.2 Å². The van der Waals surface area contributed by atoms with Crippen LogP contribution in [0.3, 0.4) is 0 Å². The molecule has 0 aromatic rings. The normalized spacial score (nSPS) is 34.2. The quantitative estimate of drug-likeness (QED) is 0.811. The summed E-state index contributed by atoms with van der Waals surface area (Å²) in [5, 5.41) is 14.0. The lowest BCUT2D eigenvalue weighted by Gasteiger charge is -2.39. The Hall–Kier alpha value is -0.120. The Bertz CT molecular complexity index is 280. The average Bonchev–Trinajstić information content (AvgIpc) is 2.98. The van der Waals surface area contributed by atoms with Crippen LogP contribution in [0.2, 0.25) is 0 Å². The molecule has 1 saturated heterocycles. The lowest BCUT2D eigenvalue weighted by Crippen LogP contribution is -2.49. The van der Waals surface area contributed by atoms with Crippen molar-refractivity contribution in [2.24, 2.45) is 0 Å². The van der Waals surface area contributed by atoms with Crippen LogP contribution in [0.15, 0.2) is 0 Å². The van der Waals surface area contributed by atoms with Gasteiger partial charge in [-0.2, -0.15) is 0 Å². The van der Waals surface area contributed by atoms with Crippen molar-refractivity contribution in [2.45, 2.75) is 81.5 Å². The third-order valence-electron chi connectivity index (χ3n) is 5.26. The summed E-state index contributed by atoms with van der Waals surface area (Å²) in [5.41, 5.74) is -0.227. The molecule has 2 N–H and O–H groups in total. The zero-order chi connectivity index (χ0) is 12.5. The summed E-state index contributed by atoms with van der Waals surface area (Å²) < 4.78 is 6.05. The van der Waals surface area contributed by atoms with E-state index in [9.17, 15) is 5.11 Å². The van der Waals surface area contributed by atoms with E-state index in [2.05, 4.69) is 5.32 Å². The maximum Gasteiger partial charge on any atom is 0.0771 e. The Morgan fingerprint density at radius 3 is 2.44 bits per heavy atom. The molecule has 0 radical (unpaired) electrons. The molecule has 3 rings (SSSR count). The van der Waals surface area contributed by atoms with Gasteiger partial charge in [0.1, 0.15) is 0 Å². The fraction of sp³-hybridized carbons (Fsp3) is 1.00. The first-order valence-corrected chi connectivity index (χ1v) is 7.80. The molecule has 3 nitrogen and oxygen atoms in total. The van der Waals surface area contributed by atoms with Crippen molar-refractivity contribution in [2.75, 3.05) is 13.2 Å². The second kappa shape index (κ2) is 5.10. The highest BCUT2D eigenvalue weighted by molar-refractivity contribution is 4.95. The van der Waals surface area contributed by atoms with E-state index >= 15 is 0 Å². The van der Waals surface area contributed by atoms with Crippen LogP contribution in [-0.4, -0.2) is 35.5 Å². The maximum absolute atomic E-state index is 10.4. The van der Waals surface area contributed by atoms with E-state index in [0.717, 1.165) is 38.8 Å². The minimum absolute atomic E-state index is 0.189. The topological polar surface area (TPSA) is 41.5 Å². The summed E-state index contributed by atoms with van der Waals surface area (Å²) in [7, 11) is 0. The Labute approximate surface area is 110 Å². The molecule has 1 atom stereocenters. The van der Waals surface area contributed by atoms with Crippen LogP contribution in [-0.2, 0) is 4.74 Å². The van der Waals surface area contributed by atoms with Gasteiger partial charge in [-0.05, 0) is 38.5 Å². The molecule has 3 fully saturated rings. The molecule has 3 aliphatic rings. The van der Waals surface area contributed by atoms with Crippen LogP contribution in [0, 0.1) is 0 Å². The molecule has 0 bridgehead atoms. The van der Waals surface area contributed by atoms with E-state index in [1.54, 1.807) is 0 Å². The number of hydrogen-bond donors (Lipinski definition) is 2. The Balaban J connectivity index is 1.50. The van der Waals surface area contributed by atoms with Gasteiger partial charge in [-0.1, -0.05) is 25.7 Å². The molecule has 0 aromatic heterocycles. The summed E-state index contributed by atoms with van der Waals surface area (Å²) in [6.45, 7) is 1.68. The van der Waals surface area contributed by atoms with E-state index in [1.807, 2.05) is 0 Å². The van der Waals surface area contributed by atoms with Crippen molar-refractivity contribution < 1.29 is 9.84 Å². The van der Waals surface area contributed by atoms with Gasteiger partial charge in [0.05, 0.1) is 11.2 Å². The summed E-state index contributed by atoms with van der Waals surface area (Å²) in [4.78, 5) is 0. The van der Waals surface area contributed by atoms with Gasteiger partial charge in [0.25, 0.3) is 0 Å². The van der Waals surface area contributed by atoms with E-state index in [1.165, 1.54) is 38.5 Å². The molecule has 3 heteroatoms. The van der Waals surface area contributed by atoms with Crippen molar-refractivity contribution in [1.29, 1.82) is 0 Å². The second-order valence-electron chi connectivity index (χ2n) is 6.74. The highest BCUT2D eigenvalue weighted by Crippen LogP contribution is 2.40. The van der Waals surface area contributed by atoms with Gasteiger partial charge < -0.3 is 15.2 Å². The number of nitrogens with one attached hydrogen (secondary N) is 1. The standard InChI is InChI=1S/C15H27NO2/c17-14(6-1-2-7-14)12-16-13-5-10-18-15(11-13)8-3-4-9-15/h13,16-17H,1-12H2. The fourth-order valence-corrected chi connectivity index (χ4v) is 4.11. The molecular weight excluding hydrogens is 226 g/mol. The molecule has 104 valence electrons. The van der Waals surface area contributed by atoms with Gasteiger partial charge in [-0.25, -0.2) is 0 Å². The number of hydrogen-bond acceptors (Lipinski definition) is 3. The molecule has 0 aromatic carbocycles. The maximum atomic E-state index is 10.4. The zero-order valence-electron chi connectivity index (χ0n) is 11.4. The van der Waals surface area contributed by atoms with Gasteiger partial charge in [0.2, 0.25) is 0 Å². The third-order valence-corrected chi connectivity index (χ3v) is 5.26.